The molecule has 39 heavy (non-hydrogen) atoms. The largest absolute Gasteiger partial charge is 0.494 e. The number of anilines is 1. The number of para-hydroxylation sites is 1. The Balaban J connectivity index is 1.86. The quantitative estimate of drug-likeness (QED) is 0.293. The van der Waals surface area contributed by atoms with Crippen LogP contribution in [0, 0.1) is 0 Å². The summed E-state index contributed by atoms with van der Waals surface area (Å²) in [4.78, 5) is 12.0. The lowest BCUT2D eigenvalue weighted by Crippen LogP contribution is -2.32. The standard InChI is InChI=1S/C24H24ClF2N7O4S/c1-14(21-29-12-16(25)13-30-21)15(2)39(35,36)33-23-32-31-22(24(26,27)19-10-5-6-11-28-19)34(23)20-17(37-3)8-7-9-18(20)38-4/h5-15H,1-4H3,(H,32,33)/t14-,15-/m0/s1. The predicted molar refractivity (Wildman–Crippen MR) is 139 cm³/mol. The van der Waals surface area contributed by atoms with E-state index in [0.717, 1.165) is 10.6 Å². The molecule has 2 atom stereocenters. The zero-order chi connectivity index (χ0) is 28.4. The Kier molecular flexibility index (Phi) is 7.97. The highest BCUT2D eigenvalue weighted by Gasteiger charge is 2.44. The fourth-order valence-corrected chi connectivity index (χ4v) is 5.07. The van der Waals surface area contributed by atoms with Gasteiger partial charge in [0.25, 0.3) is 0 Å². The zero-order valence-corrected chi connectivity index (χ0v) is 22.8. The smallest absolute Gasteiger partial charge is 0.348 e. The minimum atomic E-state index is -4.27. The van der Waals surface area contributed by atoms with E-state index in [1.807, 2.05) is 0 Å². The van der Waals surface area contributed by atoms with Crippen LogP contribution in [0.15, 0.2) is 55.0 Å². The molecule has 0 radical (unpaired) electrons. The lowest BCUT2D eigenvalue weighted by molar-refractivity contribution is 0.0262. The van der Waals surface area contributed by atoms with Crippen molar-refractivity contribution in [3.63, 3.8) is 0 Å². The molecule has 0 aliphatic carbocycles. The third kappa shape index (κ3) is 5.47. The van der Waals surface area contributed by atoms with Gasteiger partial charge in [0, 0.05) is 24.5 Å². The molecule has 206 valence electrons. The minimum Gasteiger partial charge on any atom is -0.494 e. The van der Waals surface area contributed by atoms with E-state index in [2.05, 4.69) is 29.9 Å². The first-order valence-corrected chi connectivity index (χ1v) is 13.4. The number of alkyl halides is 2. The summed E-state index contributed by atoms with van der Waals surface area (Å²) in [6.45, 7) is 3.04. The van der Waals surface area contributed by atoms with Crippen LogP contribution in [0.1, 0.15) is 37.1 Å². The van der Waals surface area contributed by atoms with Crippen LogP contribution >= 0.6 is 11.6 Å². The van der Waals surface area contributed by atoms with Gasteiger partial charge in [0.2, 0.25) is 21.8 Å². The normalized spacial score (nSPS) is 13.5. The van der Waals surface area contributed by atoms with E-state index in [-0.39, 0.29) is 23.0 Å². The van der Waals surface area contributed by atoms with Gasteiger partial charge in [0.15, 0.2) is 0 Å². The SMILES string of the molecule is COc1cccc(OC)c1-n1c(NS(=O)(=O)[C@@H](C)[C@H](C)c2ncc(Cl)cn2)nnc1C(F)(F)c1ccccn1. The van der Waals surface area contributed by atoms with Crippen LogP contribution in [0.5, 0.6) is 11.5 Å². The summed E-state index contributed by atoms with van der Waals surface area (Å²) in [5, 5.41) is 6.66. The van der Waals surface area contributed by atoms with Crippen LogP contribution in [0.4, 0.5) is 14.7 Å². The summed E-state index contributed by atoms with van der Waals surface area (Å²) in [7, 11) is -1.60. The van der Waals surface area contributed by atoms with E-state index in [0.29, 0.717) is 5.02 Å². The topological polar surface area (TPSA) is 134 Å². The van der Waals surface area contributed by atoms with Crippen molar-refractivity contribution in [2.75, 3.05) is 18.9 Å². The maximum absolute atomic E-state index is 15.8. The molecule has 0 aliphatic rings. The highest BCUT2D eigenvalue weighted by molar-refractivity contribution is 7.93. The number of nitrogens with zero attached hydrogens (tertiary/aromatic N) is 6. The number of sulfonamides is 1. The number of ether oxygens (including phenoxy) is 2. The first-order chi connectivity index (χ1) is 18.5. The highest BCUT2D eigenvalue weighted by atomic mass is 35.5. The van der Waals surface area contributed by atoms with Crippen molar-refractivity contribution in [3.05, 3.63) is 77.4 Å². The average molecular weight is 580 g/mol. The lowest BCUT2D eigenvalue weighted by atomic mass is 10.1. The molecule has 3 aromatic heterocycles. The van der Waals surface area contributed by atoms with Crippen LogP contribution in [0.25, 0.3) is 5.69 Å². The molecule has 15 heteroatoms. The van der Waals surface area contributed by atoms with E-state index in [9.17, 15) is 8.42 Å². The fraction of sp³-hybridized carbons (Fsp3) is 0.292. The monoisotopic (exact) mass is 579 g/mol. The average Bonchev–Trinajstić information content (AvgIpc) is 3.35. The van der Waals surface area contributed by atoms with Crippen LogP contribution in [0.3, 0.4) is 0 Å². The molecule has 1 N–H and O–H groups in total. The van der Waals surface area contributed by atoms with Crippen molar-refractivity contribution < 1.29 is 26.7 Å². The maximum Gasteiger partial charge on any atom is 0.348 e. The molecule has 0 saturated heterocycles. The Bertz CT molecular complexity index is 1530. The van der Waals surface area contributed by atoms with Crippen LogP contribution in [-0.2, 0) is 15.9 Å². The maximum atomic E-state index is 15.8. The number of hydrogen-bond donors (Lipinski definition) is 1. The summed E-state index contributed by atoms with van der Waals surface area (Å²) in [5.74, 6) is -5.49. The van der Waals surface area contributed by atoms with Gasteiger partial charge in [0.05, 0.1) is 24.5 Å². The Hall–Kier alpha value is -3.91. The summed E-state index contributed by atoms with van der Waals surface area (Å²) in [6, 6.07) is 8.59. The van der Waals surface area contributed by atoms with E-state index in [1.54, 1.807) is 13.0 Å². The van der Waals surface area contributed by atoms with Gasteiger partial charge in [-0.3, -0.25) is 14.3 Å². The molecule has 0 unspecified atom stereocenters. The Morgan fingerprint density at radius 3 is 2.18 bits per heavy atom. The highest BCUT2D eigenvalue weighted by Crippen LogP contribution is 2.41. The van der Waals surface area contributed by atoms with Gasteiger partial charge < -0.3 is 9.47 Å². The van der Waals surface area contributed by atoms with E-state index < -0.39 is 44.6 Å². The van der Waals surface area contributed by atoms with Gasteiger partial charge in [-0.2, -0.15) is 8.78 Å². The van der Waals surface area contributed by atoms with E-state index in [1.165, 1.54) is 64.0 Å². The van der Waals surface area contributed by atoms with Gasteiger partial charge >= 0.3 is 5.92 Å². The summed E-state index contributed by atoms with van der Waals surface area (Å²) < 4.78 is 72.5. The first-order valence-electron chi connectivity index (χ1n) is 11.5. The molecule has 0 fully saturated rings. The van der Waals surface area contributed by atoms with Gasteiger partial charge in [0.1, 0.15) is 28.7 Å². The molecule has 0 spiro atoms. The molecular weight excluding hydrogens is 556 g/mol. The number of halogens is 3. The fourth-order valence-electron chi connectivity index (χ4n) is 3.74. The molecule has 0 aliphatic heterocycles. The van der Waals surface area contributed by atoms with Crippen molar-refractivity contribution in [2.45, 2.75) is 30.9 Å². The second-order valence-corrected chi connectivity index (χ2v) is 10.9. The molecule has 0 amide bonds. The minimum absolute atomic E-state index is 0.0439. The molecular formula is C24H24ClF2N7O4S. The molecule has 4 aromatic rings. The number of hydrogen-bond acceptors (Lipinski definition) is 9. The Labute approximate surface area is 228 Å². The number of aromatic nitrogens is 6. The molecule has 4 rings (SSSR count). The third-order valence-corrected chi connectivity index (χ3v) is 8.08. The van der Waals surface area contributed by atoms with Crippen molar-refractivity contribution in [1.29, 1.82) is 0 Å². The molecule has 0 saturated carbocycles. The van der Waals surface area contributed by atoms with Crippen LogP contribution < -0.4 is 14.2 Å². The zero-order valence-electron chi connectivity index (χ0n) is 21.2. The number of benzene rings is 1. The van der Waals surface area contributed by atoms with Gasteiger partial charge in [-0.15, -0.1) is 10.2 Å². The first kappa shape index (κ1) is 28.1. The number of nitrogens with one attached hydrogen (secondary N) is 1. The molecule has 1 aromatic carbocycles. The number of methoxy groups -OCH3 is 2. The van der Waals surface area contributed by atoms with E-state index >= 15 is 8.78 Å². The summed E-state index contributed by atoms with van der Waals surface area (Å²) >= 11 is 5.84. The predicted octanol–water partition coefficient (Wildman–Crippen LogP) is 4.20. The van der Waals surface area contributed by atoms with Gasteiger partial charge in [-0.25, -0.2) is 18.4 Å². The second kappa shape index (κ2) is 11.1. The second-order valence-electron chi connectivity index (χ2n) is 8.38. The third-order valence-electron chi connectivity index (χ3n) is 6.03. The Morgan fingerprint density at radius 1 is 0.974 bits per heavy atom. The molecule has 0 bridgehead atoms. The van der Waals surface area contributed by atoms with Gasteiger partial charge in [-0.1, -0.05) is 30.7 Å². The van der Waals surface area contributed by atoms with Crippen molar-refractivity contribution >= 4 is 27.6 Å². The Morgan fingerprint density at radius 2 is 1.62 bits per heavy atom. The van der Waals surface area contributed by atoms with Crippen LogP contribution in [0.2, 0.25) is 5.02 Å². The molecule has 11 nitrogen and oxygen atoms in total. The van der Waals surface area contributed by atoms with Crippen molar-refractivity contribution in [3.8, 4) is 17.2 Å². The van der Waals surface area contributed by atoms with Crippen molar-refractivity contribution in [2.24, 2.45) is 0 Å². The van der Waals surface area contributed by atoms with Crippen LogP contribution in [-0.4, -0.2) is 57.6 Å². The summed E-state index contributed by atoms with van der Waals surface area (Å²) in [5.41, 5.74) is -0.665. The van der Waals surface area contributed by atoms with Gasteiger partial charge in [-0.05, 0) is 31.2 Å². The number of rotatable bonds is 10. The lowest BCUT2D eigenvalue weighted by Gasteiger charge is -2.22. The van der Waals surface area contributed by atoms with E-state index in [4.69, 9.17) is 21.1 Å². The van der Waals surface area contributed by atoms with Crippen molar-refractivity contribution in [1.82, 2.24) is 29.7 Å². The summed E-state index contributed by atoms with van der Waals surface area (Å²) in [6.07, 6.45) is 3.91. The number of pyridine rings is 1. The molecule has 3 heterocycles.